The van der Waals surface area contributed by atoms with E-state index < -0.39 is 0 Å². The molecular formula is C20H26N4O. The summed E-state index contributed by atoms with van der Waals surface area (Å²) >= 11 is 0. The van der Waals surface area contributed by atoms with E-state index in [1.165, 1.54) is 0 Å². The normalized spacial score (nSPS) is 18.7. The molecule has 0 spiro atoms. The summed E-state index contributed by atoms with van der Waals surface area (Å²) in [7, 11) is 4.23. The van der Waals surface area contributed by atoms with E-state index in [1.54, 1.807) is 0 Å². The number of hydrogen-bond donors (Lipinski definition) is 2. The minimum atomic E-state index is -0.160. The molecule has 5 heteroatoms. The highest BCUT2D eigenvalue weighted by Crippen LogP contribution is 2.22. The second-order valence-corrected chi connectivity index (χ2v) is 6.68. The van der Waals surface area contributed by atoms with Gasteiger partial charge in [-0.05, 0) is 37.4 Å². The monoisotopic (exact) mass is 338 g/mol. The molecule has 5 nitrogen and oxygen atoms in total. The molecule has 1 fully saturated rings. The van der Waals surface area contributed by atoms with Crippen molar-refractivity contribution in [2.45, 2.75) is 6.04 Å². The van der Waals surface area contributed by atoms with E-state index in [1.807, 2.05) is 42.5 Å². The van der Waals surface area contributed by atoms with Crippen molar-refractivity contribution in [2.75, 3.05) is 45.6 Å². The van der Waals surface area contributed by atoms with Gasteiger partial charge in [0.05, 0.1) is 0 Å². The Hall–Kier alpha value is -2.37. The summed E-state index contributed by atoms with van der Waals surface area (Å²) in [6.45, 7) is 3.72. The van der Waals surface area contributed by atoms with Gasteiger partial charge in [-0.1, -0.05) is 42.5 Å². The van der Waals surface area contributed by atoms with Crippen LogP contribution < -0.4 is 10.6 Å². The van der Waals surface area contributed by atoms with Crippen LogP contribution in [-0.2, 0) is 0 Å². The van der Waals surface area contributed by atoms with E-state index in [0.29, 0.717) is 12.6 Å². The third-order valence-corrected chi connectivity index (χ3v) is 4.71. The number of nitrogens with zero attached hydrogens (tertiary/aromatic N) is 2. The Morgan fingerprint density at radius 1 is 1.04 bits per heavy atom. The Morgan fingerprint density at radius 3 is 2.60 bits per heavy atom. The van der Waals surface area contributed by atoms with Gasteiger partial charge in [-0.3, -0.25) is 4.90 Å². The lowest BCUT2D eigenvalue weighted by molar-refractivity contribution is 0.115. The predicted octanol–water partition coefficient (Wildman–Crippen LogP) is 2.72. The van der Waals surface area contributed by atoms with E-state index in [-0.39, 0.29) is 6.03 Å². The molecule has 0 bridgehead atoms. The van der Waals surface area contributed by atoms with Crippen molar-refractivity contribution >= 4 is 11.7 Å². The first-order valence-corrected chi connectivity index (χ1v) is 8.71. The average Bonchev–Trinajstić information content (AvgIpc) is 2.63. The molecule has 1 saturated heterocycles. The van der Waals surface area contributed by atoms with Crippen LogP contribution in [0, 0.1) is 0 Å². The smallest absolute Gasteiger partial charge is 0.319 e. The molecule has 0 aromatic heterocycles. The maximum absolute atomic E-state index is 12.2. The number of carbonyl (C=O) groups excluding carboxylic acids is 1. The first-order chi connectivity index (χ1) is 12.1. The third-order valence-electron chi connectivity index (χ3n) is 4.71. The molecule has 2 amide bonds. The number of carbonyl (C=O) groups is 1. The molecule has 1 heterocycles. The maximum atomic E-state index is 12.2. The van der Waals surface area contributed by atoms with Crippen molar-refractivity contribution in [3.8, 4) is 11.1 Å². The largest absolute Gasteiger partial charge is 0.336 e. The number of anilines is 1. The zero-order valence-electron chi connectivity index (χ0n) is 14.9. The molecule has 0 aliphatic carbocycles. The summed E-state index contributed by atoms with van der Waals surface area (Å²) in [4.78, 5) is 16.8. The topological polar surface area (TPSA) is 47.6 Å². The summed E-state index contributed by atoms with van der Waals surface area (Å²) in [6.07, 6.45) is 0. The van der Waals surface area contributed by atoms with Gasteiger partial charge in [0.2, 0.25) is 0 Å². The molecule has 1 aliphatic rings. The number of likely N-dealkylation sites (N-methyl/N-ethyl adjacent to an activating group) is 2. The van der Waals surface area contributed by atoms with E-state index >= 15 is 0 Å². The van der Waals surface area contributed by atoms with Gasteiger partial charge in [0, 0.05) is 37.9 Å². The number of amides is 2. The Kier molecular flexibility index (Phi) is 5.68. The van der Waals surface area contributed by atoms with Gasteiger partial charge in [-0.25, -0.2) is 4.79 Å². The number of rotatable bonds is 4. The number of piperazine rings is 1. The van der Waals surface area contributed by atoms with Crippen molar-refractivity contribution in [3.63, 3.8) is 0 Å². The van der Waals surface area contributed by atoms with E-state index in [2.05, 4.69) is 46.7 Å². The highest BCUT2D eigenvalue weighted by Gasteiger charge is 2.22. The minimum Gasteiger partial charge on any atom is -0.336 e. The Balaban J connectivity index is 1.56. The van der Waals surface area contributed by atoms with Crippen LogP contribution in [-0.4, -0.2) is 62.1 Å². The predicted molar refractivity (Wildman–Crippen MR) is 103 cm³/mol. The van der Waals surface area contributed by atoms with Gasteiger partial charge in [0.25, 0.3) is 0 Å². The molecule has 0 saturated carbocycles. The Bertz CT molecular complexity index is 704. The molecule has 0 unspecified atom stereocenters. The van der Waals surface area contributed by atoms with Crippen LogP contribution in [0.25, 0.3) is 11.1 Å². The van der Waals surface area contributed by atoms with Crippen LogP contribution in [0.2, 0.25) is 0 Å². The number of urea groups is 1. The minimum absolute atomic E-state index is 0.160. The van der Waals surface area contributed by atoms with Crippen LogP contribution >= 0.6 is 0 Å². The van der Waals surface area contributed by atoms with Crippen molar-refractivity contribution in [3.05, 3.63) is 54.6 Å². The van der Waals surface area contributed by atoms with Gasteiger partial charge < -0.3 is 15.5 Å². The molecule has 132 valence electrons. The van der Waals surface area contributed by atoms with E-state index in [4.69, 9.17) is 0 Å². The second kappa shape index (κ2) is 8.14. The van der Waals surface area contributed by atoms with Crippen molar-refractivity contribution < 1.29 is 4.79 Å². The van der Waals surface area contributed by atoms with Crippen LogP contribution in [0.5, 0.6) is 0 Å². The lowest BCUT2D eigenvalue weighted by atomic mass is 10.1. The molecule has 0 radical (unpaired) electrons. The van der Waals surface area contributed by atoms with Gasteiger partial charge in [-0.2, -0.15) is 0 Å². The van der Waals surface area contributed by atoms with Gasteiger partial charge in [-0.15, -0.1) is 0 Å². The SMILES string of the molecule is CN1CCN(C)[C@H](CNC(=O)Nc2cccc(-c3ccccc3)c2)C1. The van der Waals surface area contributed by atoms with Crippen molar-refractivity contribution in [1.29, 1.82) is 0 Å². The van der Waals surface area contributed by atoms with Gasteiger partial charge >= 0.3 is 6.03 Å². The molecule has 1 atom stereocenters. The number of benzene rings is 2. The summed E-state index contributed by atoms with van der Waals surface area (Å²) in [5.74, 6) is 0. The fourth-order valence-electron chi connectivity index (χ4n) is 3.11. The average molecular weight is 338 g/mol. The summed E-state index contributed by atoms with van der Waals surface area (Å²) in [5.41, 5.74) is 3.03. The Labute approximate surface area is 149 Å². The fourth-order valence-corrected chi connectivity index (χ4v) is 3.11. The first-order valence-electron chi connectivity index (χ1n) is 8.71. The molecule has 25 heavy (non-hydrogen) atoms. The quantitative estimate of drug-likeness (QED) is 0.901. The fraction of sp³-hybridized carbons (Fsp3) is 0.350. The summed E-state index contributed by atoms with van der Waals surface area (Å²) in [6, 6.07) is 18.3. The van der Waals surface area contributed by atoms with Crippen LogP contribution in [0.1, 0.15) is 0 Å². The molecule has 3 rings (SSSR count). The van der Waals surface area contributed by atoms with Crippen molar-refractivity contribution in [2.24, 2.45) is 0 Å². The highest BCUT2D eigenvalue weighted by atomic mass is 16.2. The molecular weight excluding hydrogens is 312 g/mol. The zero-order chi connectivity index (χ0) is 17.6. The van der Waals surface area contributed by atoms with Crippen LogP contribution in [0.3, 0.4) is 0 Å². The first kappa shape index (κ1) is 17.5. The summed E-state index contributed by atoms with van der Waals surface area (Å²) < 4.78 is 0. The third kappa shape index (κ3) is 4.81. The standard InChI is InChI=1S/C20H26N4O/c1-23-11-12-24(2)19(15-23)14-21-20(25)22-18-10-6-9-17(13-18)16-7-4-3-5-8-16/h3-10,13,19H,11-12,14-15H2,1-2H3,(H2,21,22,25)/t19-/m1/s1. The second-order valence-electron chi connectivity index (χ2n) is 6.68. The van der Waals surface area contributed by atoms with E-state index in [0.717, 1.165) is 36.4 Å². The molecule has 1 aliphatic heterocycles. The number of nitrogens with one attached hydrogen (secondary N) is 2. The lowest BCUT2D eigenvalue weighted by Gasteiger charge is -2.37. The van der Waals surface area contributed by atoms with E-state index in [9.17, 15) is 4.79 Å². The summed E-state index contributed by atoms with van der Waals surface area (Å²) in [5, 5.41) is 5.93. The lowest BCUT2D eigenvalue weighted by Crippen LogP contribution is -2.54. The number of hydrogen-bond acceptors (Lipinski definition) is 3. The molecule has 2 aromatic rings. The Morgan fingerprint density at radius 2 is 1.80 bits per heavy atom. The van der Waals surface area contributed by atoms with Crippen molar-refractivity contribution in [1.82, 2.24) is 15.1 Å². The maximum Gasteiger partial charge on any atom is 0.319 e. The molecule has 2 N–H and O–H groups in total. The van der Waals surface area contributed by atoms with Gasteiger partial charge in [0.15, 0.2) is 0 Å². The highest BCUT2D eigenvalue weighted by molar-refractivity contribution is 5.90. The van der Waals surface area contributed by atoms with Gasteiger partial charge in [0.1, 0.15) is 0 Å². The van der Waals surface area contributed by atoms with Crippen LogP contribution in [0.15, 0.2) is 54.6 Å². The zero-order valence-corrected chi connectivity index (χ0v) is 14.9. The van der Waals surface area contributed by atoms with Crippen LogP contribution in [0.4, 0.5) is 10.5 Å². The molecule has 2 aromatic carbocycles.